The largest absolute Gasteiger partial charge is 0.192 e. The molecule has 0 aromatic heterocycles. The minimum atomic E-state index is 0.248. The van der Waals surface area contributed by atoms with Gasteiger partial charge in [0.05, 0.1) is 46.5 Å². The third kappa shape index (κ3) is 1.61. The summed E-state index contributed by atoms with van der Waals surface area (Å²) in [5.41, 5.74) is 2.24. The van der Waals surface area contributed by atoms with Crippen LogP contribution in [0.3, 0.4) is 0 Å². The predicted octanol–water partition coefficient (Wildman–Crippen LogP) is 2.28. The molecule has 0 amide bonds. The first-order valence-corrected chi connectivity index (χ1v) is 4.95. The first kappa shape index (κ1) is 11.2. The summed E-state index contributed by atoms with van der Waals surface area (Å²) in [7, 11) is 0. The average molecular weight is 228 g/mol. The first-order valence-electron chi connectivity index (χ1n) is 4.95. The Morgan fingerprint density at radius 2 is 0.944 bits per heavy atom. The van der Waals surface area contributed by atoms with E-state index in [0.29, 0.717) is 16.7 Å². The monoisotopic (exact) mass is 228 g/mol. The Labute approximate surface area is 103 Å². The second-order valence-corrected chi connectivity index (χ2v) is 3.59. The SMILES string of the molecule is N#Cc1cc(C#N)c2cc(C#N)cc-2c(C#N)c1. The van der Waals surface area contributed by atoms with E-state index in [1.807, 2.05) is 24.3 Å². The van der Waals surface area contributed by atoms with Crippen molar-refractivity contribution < 1.29 is 0 Å². The van der Waals surface area contributed by atoms with Crippen LogP contribution in [0.4, 0.5) is 0 Å². The molecule has 2 aliphatic carbocycles. The lowest BCUT2D eigenvalue weighted by molar-refractivity contribution is 1.47. The van der Waals surface area contributed by atoms with Crippen LogP contribution >= 0.6 is 0 Å². The molecule has 0 heterocycles. The van der Waals surface area contributed by atoms with Crippen LogP contribution < -0.4 is 0 Å². The first-order chi connectivity index (χ1) is 8.73. The van der Waals surface area contributed by atoms with Crippen molar-refractivity contribution in [2.45, 2.75) is 0 Å². The number of nitriles is 4. The standard InChI is InChI=1S/C14H4N4/c15-5-9-1-11(7-17)13-3-10(6-16)4-14(13)12(2-9)8-18/h1-4H. The molecule has 2 aliphatic rings. The fourth-order valence-electron chi connectivity index (χ4n) is 1.78. The van der Waals surface area contributed by atoms with E-state index in [2.05, 4.69) is 0 Å². The zero-order chi connectivity index (χ0) is 13.1. The smallest absolute Gasteiger partial charge is 0.0998 e. The van der Waals surface area contributed by atoms with Crippen LogP contribution in [-0.4, -0.2) is 0 Å². The molecule has 0 fully saturated rings. The third-order valence-corrected chi connectivity index (χ3v) is 2.57. The molecule has 18 heavy (non-hydrogen) atoms. The normalized spacial score (nSPS) is 8.89. The summed E-state index contributed by atoms with van der Waals surface area (Å²) in [4.78, 5) is 0. The number of fused-ring (bicyclic) bond motifs is 1. The van der Waals surface area contributed by atoms with Crippen molar-refractivity contribution in [3.63, 3.8) is 0 Å². The number of hydrogen-bond acceptors (Lipinski definition) is 4. The molecule has 4 heteroatoms. The van der Waals surface area contributed by atoms with E-state index in [1.54, 1.807) is 12.1 Å². The molecule has 0 spiro atoms. The van der Waals surface area contributed by atoms with E-state index in [0.717, 1.165) is 0 Å². The van der Waals surface area contributed by atoms with Crippen LogP contribution in [0.25, 0.3) is 11.1 Å². The van der Waals surface area contributed by atoms with Gasteiger partial charge in [0.2, 0.25) is 0 Å². The maximum absolute atomic E-state index is 9.09. The van der Waals surface area contributed by atoms with Gasteiger partial charge in [-0.15, -0.1) is 0 Å². The van der Waals surface area contributed by atoms with E-state index in [-0.39, 0.29) is 16.7 Å². The van der Waals surface area contributed by atoms with Crippen LogP contribution in [0.1, 0.15) is 22.3 Å². The summed E-state index contributed by atoms with van der Waals surface area (Å²) in [6, 6.07) is 13.8. The van der Waals surface area contributed by atoms with Crippen molar-refractivity contribution in [3.05, 3.63) is 46.5 Å². The van der Waals surface area contributed by atoms with Crippen molar-refractivity contribution in [3.8, 4) is 35.4 Å². The highest BCUT2D eigenvalue weighted by Crippen LogP contribution is 2.31. The molecule has 0 bridgehead atoms. The van der Waals surface area contributed by atoms with Crippen LogP contribution in [0, 0.1) is 45.3 Å². The van der Waals surface area contributed by atoms with Crippen LogP contribution in [-0.2, 0) is 0 Å². The van der Waals surface area contributed by atoms with Crippen LogP contribution in [0.2, 0.25) is 0 Å². The van der Waals surface area contributed by atoms with Gasteiger partial charge in [-0.3, -0.25) is 0 Å². The molecular weight excluding hydrogens is 224 g/mol. The number of rotatable bonds is 0. The van der Waals surface area contributed by atoms with Gasteiger partial charge >= 0.3 is 0 Å². The van der Waals surface area contributed by atoms with Gasteiger partial charge in [-0.25, -0.2) is 0 Å². The van der Waals surface area contributed by atoms with Gasteiger partial charge in [-0.05, 0) is 24.3 Å². The van der Waals surface area contributed by atoms with Crippen LogP contribution in [0.5, 0.6) is 0 Å². The molecule has 0 aromatic rings. The molecule has 0 saturated heterocycles. The van der Waals surface area contributed by atoms with E-state index in [4.69, 9.17) is 21.0 Å². The van der Waals surface area contributed by atoms with Gasteiger partial charge in [0, 0.05) is 11.1 Å². The Hall–Kier alpha value is -3.34. The highest BCUT2D eigenvalue weighted by molar-refractivity contribution is 5.80. The van der Waals surface area contributed by atoms with E-state index < -0.39 is 0 Å². The second kappa shape index (κ2) is 4.26. The highest BCUT2D eigenvalue weighted by Gasteiger charge is 2.15. The Bertz CT molecular complexity index is 724. The number of hydrogen-bond donors (Lipinski definition) is 0. The van der Waals surface area contributed by atoms with E-state index in [9.17, 15) is 0 Å². The molecule has 80 valence electrons. The predicted molar refractivity (Wildman–Crippen MR) is 61.9 cm³/mol. The quantitative estimate of drug-likeness (QED) is 0.690. The van der Waals surface area contributed by atoms with Crippen molar-refractivity contribution >= 4 is 0 Å². The molecule has 0 aromatic carbocycles. The van der Waals surface area contributed by atoms with Gasteiger partial charge < -0.3 is 0 Å². The van der Waals surface area contributed by atoms with Crippen molar-refractivity contribution in [1.29, 1.82) is 21.0 Å². The molecule has 0 N–H and O–H groups in total. The lowest BCUT2D eigenvalue weighted by Crippen LogP contribution is -1.78. The topological polar surface area (TPSA) is 95.2 Å². The Balaban J connectivity index is 2.97. The molecule has 0 atom stereocenters. The van der Waals surface area contributed by atoms with Gasteiger partial charge in [0.15, 0.2) is 0 Å². The average Bonchev–Trinajstić information content (AvgIpc) is 2.77. The molecular formula is C14H4N4. The lowest BCUT2D eigenvalue weighted by atomic mass is 10.1. The molecule has 0 radical (unpaired) electrons. The lowest BCUT2D eigenvalue weighted by Gasteiger charge is -1.94. The Morgan fingerprint density at radius 3 is 1.28 bits per heavy atom. The van der Waals surface area contributed by atoms with Gasteiger partial charge in [-0.1, -0.05) is 0 Å². The fraction of sp³-hybridized carbons (Fsp3) is 0. The summed E-state index contributed by atoms with van der Waals surface area (Å²) in [5.74, 6) is 0. The molecule has 2 rings (SSSR count). The fourth-order valence-corrected chi connectivity index (χ4v) is 1.78. The summed E-state index contributed by atoms with van der Waals surface area (Å²) < 4.78 is 0. The summed E-state index contributed by atoms with van der Waals surface area (Å²) in [6.07, 6.45) is 0. The third-order valence-electron chi connectivity index (χ3n) is 2.57. The van der Waals surface area contributed by atoms with Crippen molar-refractivity contribution in [2.75, 3.05) is 0 Å². The van der Waals surface area contributed by atoms with E-state index in [1.165, 1.54) is 12.1 Å². The highest BCUT2D eigenvalue weighted by atomic mass is 14.3. The molecule has 0 aliphatic heterocycles. The van der Waals surface area contributed by atoms with Gasteiger partial charge in [-0.2, -0.15) is 21.0 Å². The molecule has 0 saturated carbocycles. The van der Waals surface area contributed by atoms with Crippen LogP contribution in [0.15, 0.2) is 24.3 Å². The molecule has 0 unspecified atom stereocenters. The molecule has 4 nitrogen and oxygen atoms in total. The van der Waals surface area contributed by atoms with Crippen molar-refractivity contribution in [2.24, 2.45) is 0 Å². The summed E-state index contributed by atoms with van der Waals surface area (Å²) >= 11 is 0. The maximum Gasteiger partial charge on any atom is 0.0998 e. The summed E-state index contributed by atoms with van der Waals surface area (Å²) in [5, 5.41) is 35.9. The maximum atomic E-state index is 9.09. The van der Waals surface area contributed by atoms with Gasteiger partial charge in [0.1, 0.15) is 0 Å². The van der Waals surface area contributed by atoms with Gasteiger partial charge in [0.25, 0.3) is 0 Å². The van der Waals surface area contributed by atoms with Crippen molar-refractivity contribution in [1.82, 2.24) is 0 Å². The zero-order valence-electron chi connectivity index (χ0n) is 9.10. The van der Waals surface area contributed by atoms with E-state index >= 15 is 0 Å². The number of nitrogens with zero attached hydrogens (tertiary/aromatic N) is 4. The minimum Gasteiger partial charge on any atom is -0.192 e. The Morgan fingerprint density at radius 1 is 0.556 bits per heavy atom. The zero-order valence-corrected chi connectivity index (χ0v) is 9.10. The minimum absolute atomic E-state index is 0.248. The summed E-state index contributed by atoms with van der Waals surface area (Å²) in [6.45, 7) is 0. The second-order valence-electron chi connectivity index (χ2n) is 3.59. The Kier molecular flexibility index (Phi) is 2.64.